The van der Waals surface area contributed by atoms with Crippen LogP contribution in [0.1, 0.15) is 71.6 Å². The van der Waals surface area contributed by atoms with Crippen LogP contribution in [0.15, 0.2) is 47.6 Å². The van der Waals surface area contributed by atoms with E-state index >= 15 is 0 Å². The van der Waals surface area contributed by atoms with E-state index in [0.717, 1.165) is 36.0 Å². The summed E-state index contributed by atoms with van der Waals surface area (Å²) in [6, 6.07) is 8.01. The molecule has 2 bridgehead atoms. The SMILES string of the molecule is CC1=C[C@]23C(O)[C@@H](C=C4COC(C)(C)O[C@H]4[C@]2(O)[C@H]1OC(=O)NC1CCc2ccccc21)[C@H]1[C@@H](C[C@H]3C)C1(C)C. The topological polar surface area (TPSA) is 97.2 Å². The van der Waals surface area contributed by atoms with Crippen LogP contribution in [0.5, 0.6) is 0 Å². The Balaban J connectivity index is 1.29. The van der Waals surface area contributed by atoms with Gasteiger partial charge in [-0.1, -0.05) is 57.2 Å². The third-order valence-electron chi connectivity index (χ3n) is 11.6. The van der Waals surface area contributed by atoms with E-state index in [2.05, 4.69) is 38.2 Å². The Hall–Kier alpha value is -2.19. The van der Waals surface area contributed by atoms with E-state index < -0.39 is 41.2 Å². The minimum absolute atomic E-state index is 0.0672. The van der Waals surface area contributed by atoms with Gasteiger partial charge < -0.3 is 29.7 Å². The molecule has 1 spiro atoms. The summed E-state index contributed by atoms with van der Waals surface area (Å²) < 4.78 is 18.8. The van der Waals surface area contributed by atoms with E-state index in [-0.39, 0.29) is 23.3 Å². The molecule has 5 aliphatic carbocycles. The van der Waals surface area contributed by atoms with Crippen molar-refractivity contribution in [2.75, 3.05) is 6.61 Å². The van der Waals surface area contributed by atoms with E-state index in [1.165, 1.54) is 5.56 Å². The van der Waals surface area contributed by atoms with E-state index in [0.29, 0.717) is 18.4 Å². The Morgan fingerprint density at radius 2 is 1.93 bits per heavy atom. The first-order valence-corrected chi connectivity index (χ1v) is 15.0. The van der Waals surface area contributed by atoms with Crippen LogP contribution in [0.3, 0.4) is 0 Å². The molecule has 2 unspecified atom stereocenters. The summed E-state index contributed by atoms with van der Waals surface area (Å²) in [6.07, 6.45) is 3.54. The highest BCUT2D eigenvalue weighted by Crippen LogP contribution is 2.73. The number of nitrogens with one attached hydrogen (secondary N) is 1. The van der Waals surface area contributed by atoms with Crippen molar-refractivity contribution in [2.45, 2.75) is 96.5 Å². The largest absolute Gasteiger partial charge is 0.438 e. The second-order valence-electron chi connectivity index (χ2n) is 14.4. The minimum Gasteiger partial charge on any atom is -0.438 e. The third kappa shape index (κ3) is 3.41. The van der Waals surface area contributed by atoms with Crippen molar-refractivity contribution in [1.29, 1.82) is 0 Å². The summed E-state index contributed by atoms with van der Waals surface area (Å²) in [7, 11) is 0. The molecule has 40 heavy (non-hydrogen) atoms. The summed E-state index contributed by atoms with van der Waals surface area (Å²) >= 11 is 0. The summed E-state index contributed by atoms with van der Waals surface area (Å²) in [5, 5.41) is 28.6. The van der Waals surface area contributed by atoms with Gasteiger partial charge in [-0.2, -0.15) is 0 Å². The van der Waals surface area contributed by atoms with Crippen LogP contribution in [0.4, 0.5) is 4.79 Å². The lowest BCUT2D eigenvalue weighted by atomic mass is 9.58. The first-order chi connectivity index (χ1) is 18.8. The van der Waals surface area contributed by atoms with Crippen LogP contribution in [0, 0.1) is 34.5 Å². The average Bonchev–Trinajstić information content (AvgIpc) is 3.16. The number of ether oxygens (including phenoxy) is 3. The first-order valence-electron chi connectivity index (χ1n) is 15.0. The molecule has 1 amide bonds. The van der Waals surface area contributed by atoms with Crippen LogP contribution >= 0.6 is 0 Å². The van der Waals surface area contributed by atoms with Crippen molar-refractivity contribution in [3.05, 3.63) is 58.7 Å². The Kier molecular flexibility index (Phi) is 5.63. The molecule has 0 aromatic heterocycles. The van der Waals surface area contributed by atoms with Crippen molar-refractivity contribution in [3.8, 4) is 0 Å². The van der Waals surface area contributed by atoms with Gasteiger partial charge in [0.15, 0.2) is 11.9 Å². The molecule has 3 N–H and O–H groups in total. The summed E-state index contributed by atoms with van der Waals surface area (Å²) in [4.78, 5) is 13.5. The number of fused-ring (bicyclic) bond motifs is 6. The number of alkyl carbamates (subject to hydrolysis) is 1. The molecule has 0 radical (unpaired) electrons. The molecule has 6 aliphatic rings. The Morgan fingerprint density at radius 1 is 1.18 bits per heavy atom. The van der Waals surface area contributed by atoms with Gasteiger partial charge in [0.1, 0.15) is 11.7 Å². The van der Waals surface area contributed by atoms with Gasteiger partial charge in [-0.05, 0) is 85.5 Å². The molecule has 1 aliphatic heterocycles. The fourth-order valence-corrected chi connectivity index (χ4v) is 9.60. The first kappa shape index (κ1) is 26.7. The van der Waals surface area contributed by atoms with E-state index in [1.807, 2.05) is 45.0 Å². The van der Waals surface area contributed by atoms with Crippen LogP contribution in [-0.4, -0.2) is 52.6 Å². The normalized spacial score (nSPS) is 45.4. The zero-order valence-electron chi connectivity index (χ0n) is 24.4. The summed E-state index contributed by atoms with van der Waals surface area (Å²) in [6.45, 7) is 12.6. The molecule has 1 saturated heterocycles. The molecule has 1 aromatic carbocycles. The molecule has 2 saturated carbocycles. The number of aryl methyl sites for hydroxylation is 1. The van der Waals surface area contributed by atoms with Crippen LogP contribution in [-0.2, 0) is 20.6 Å². The maximum Gasteiger partial charge on any atom is 0.408 e. The van der Waals surface area contributed by atoms with Crippen molar-refractivity contribution in [2.24, 2.45) is 34.5 Å². The highest BCUT2D eigenvalue weighted by atomic mass is 16.7. The Labute approximate surface area is 237 Å². The van der Waals surface area contributed by atoms with Gasteiger partial charge >= 0.3 is 6.09 Å². The minimum atomic E-state index is -1.70. The van der Waals surface area contributed by atoms with E-state index in [1.54, 1.807) is 0 Å². The van der Waals surface area contributed by atoms with Gasteiger partial charge in [-0.3, -0.25) is 0 Å². The monoisotopic (exact) mass is 549 g/mol. The molecule has 7 heteroatoms. The van der Waals surface area contributed by atoms with Crippen molar-refractivity contribution in [3.63, 3.8) is 0 Å². The average molecular weight is 550 g/mol. The fourth-order valence-electron chi connectivity index (χ4n) is 9.60. The lowest BCUT2D eigenvalue weighted by molar-refractivity contribution is -0.312. The van der Waals surface area contributed by atoms with Gasteiger partial charge in [0.2, 0.25) is 0 Å². The molecular weight excluding hydrogens is 506 g/mol. The highest BCUT2D eigenvalue weighted by molar-refractivity contribution is 5.69. The number of carbonyl (C=O) groups is 1. The van der Waals surface area contributed by atoms with Crippen molar-refractivity contribution >= 4 is 6.09 Å². The summed E-state index contributed by atoms with van der Waals surface area (Å²) in [5.74, 6) is -0.423. The Bertz CT molecular complexity index is 1320. The maximum atomic E-state index is 13.5. The highest BCUT2D eigenvalue weighted by Gasteiger charge is 2.77. The van der Waals surface area contributed by atoms with Crippen molar-refractivity contribution in [1.82, 2.24) is 5.32 Å². The van der Waals surface area contributed by atoms with Gasteiger partial charge in [0.25, 0.3) is 0 Å². The smallest absolute Gasteiger partial charge is 0.408 e. The second kappa shape index (κ2) is 8.43. The lowest BCUT2D eigenvalue weighted by Crippen LogP contribution is -2.69. The number of aliphatic hydroxyl groups excluding tert-OH is 1. The predicted molar refractivity (Wildman–Crippen MR) is 149 cm³/mol. The number of amides is 1. The number of carbonyl (C=O) groups excluding carboxylic acids is 1. The zero-order valence-corrected chi connectivity index (χ0v) is 24.4. The number of hydrogen-bond donors (Lipinski definition) is 3. The van der Waals surface area contributed by atoms with Gasteiger partial charge in [0, 0.05) is 5.92 Å². The van der Waals surface area contributed by atoms with Crippen LogP contribution in [0.25, 0.3) is 0 Å². The standard InChI is InChI=1S/C33H43NO6/c1-17-15-32-18(2)13-23-25(30(23,3)4)22(26(32)35)14-20-16-38-31(5,6)40-28(20)33(32,37)27(17)39-29(36)34-24-12-11-19-9-7-8-10-21(19)24/h7-10,14-15,18,22-28,35,37H,11-13,16H2,1-6H3,(H,34,36)/t18-,22+,23-,24?,25+,26?,27+,28-,32+,33-/m1/s1. The molecular formula is C33H43NO6. The second-order valence-corrected chi connectivity index (χ2v) is 14.4. The number of benzene rings is 1. The fraction of sp³-hybridized carbons (Fsp3) is 0.667. The van der Waals surface area contributed by atoms with E-state index in [4.69, 9.17) is 14.2 Å². The predicted octanol–water partition coefficient (Wildman–Crippen LogP) is 4.83. The van der Waals surface area contributed by atoms with Crippen molar-refractivity contribution < 1.29 is 29.2 Å². The van der Waals surface area contributed by atoms with Gasteiger partial charge in [0.05, 0.1) is 24.2 Å². The molecule has 10 atom stereocenters. The van der Waals surface area contributed by atoms with Crippen LogP contribution < -0.4 is 5.32 Å². The van der Waals surface area contributed by atoms with Gasteiger partial charge in [-0.25, -0.2) is 4.79 Å². The van der Waals surface area contributed by atoms with E-state index in [9.17, 15) is 15.0 Å². The molecule has 7 rings (SSSR count). The summed E-state index contributed by atoms with van der Waals surface area (Å²) in [5.41, 5.74) is 1.28. The molecule has 3 fully saturated rings. The molecule has 1 heterocycles. The quantitative estimate of drug-likeness (QED) is 0.458. The molecule has 7 nitrogen and oxygen atoms in total. The maximum absolute atomic E-state index is 13.5. The zero-order chi connectivity index (χ0) is 28.4. The van der Waals surface area contributed by atoms with Gasteiger partial charge in [-0.15, -0.1) is 0 Å². The number of aliphatic hydroxyl groups is 2. The molecule has 216 valence electrons. The molecule has 1 aromatic rings. The third-order valence-corrected chi connectivity index (χ3v) is 11.6. The lowest BCUT2D eigenvalue weighted by Gasteiger charge is -2.55. The number of hydrogen-bond acceptors (Lipinski definition) is 6. The Morgan fingerprint density at radius 3 is 2.70 bits per heavy atom. The van der Waals surface area contributed by atoms with Crippen LogP contribution in [0.2, 0.25) is 0 Å². The number of rotatable bonds is 2.